The van der Waals surface area contributed by atoms with Crippen molar-refractivity contribution in [2.45, 2.75) is 5.33 Å². The number of fused-ring (bicyclic) bond motifs is 2. The van der Waals surface area contributed by atoms with Gasteiger partial charge in [-0.1, -0.05) is 34.1 Å². The van der Waals surface area contributed by atoms with E-state index in [9.17, 15) is 4.79 Å². The van der Waals surface area contributed by atoms with Crippen LogP contribution < -0.4 is 5.43 Å². The molecule has 92 valence electrons. The summed E-state index contributed by atoms with van der Waals surface area (Å²) in [5.41, 5.74) is 2.07. The van der Waals surface area contributed by atoms with Crippen molar-refractivity contribution in [3.63, 3.8) is 0 Å². The Balaban J connectivity index is 2.65. The Bertz CT molecular complexity index is 890. The number of nitriles is 1. The predicted molar refractivity (Wildman–Crippen MR) is 77.3 cm³/mol. The maximum absolute atomic E-state index is 12.5. The molecule has 1 heterocycles. The van der Waals surface area contributed by atoms with Crippen LogP contribution in [-0.4, -0.2) is 0 Å². The highest BCUT2D eigenvalue weighted by molar-refractivity contribution is 9.08. The van der Waals surface area contributed by atoms with Crippen LogP contribution >= 0.6 is 15.9 Å². The maximum Gasteiger partial charge on any atom is 0.201 e. The normalized spacial score (nSPS) is 10.7. The molecule has 0 aliphatic heterocycles. The number of hydrogen-bond acceptors (Lipinski definition) is 3. The molecule has 0 aliphatic carbocycles. The van der Waals surface area contributed by atoms with Crippen molar-refractivity contribution in [3.05, 3.63) is 57.7 Å². The van der Waals surface area contributed by atoms with Crippen molar-refractivity contribution >= 4 is 37.9 Å². The van der Waals surface area contributed by atoms with Crippen LogP contribution in [0.4, 0.5) is 0 Å². The number of rotatable bonds is 1. The number of benzene rings is 2. The molecule has 0 spiro atoms. The molecule has 3 rings (SSSR count). The lowest BCUT2D eigenvalue weighted by atomic mass is 10.0. The van der Waals surface area contributed by atoms with Gasteiger partial charge in [0.15, 0.2) is 0 Å². The molecule has 0 fully saturated rings. The SMILES string of the molecule is N#Cc1ccc(CBr)c2oc3ccccc3c(=O)c12. The second-order valence-corrected chi connectivity index (χ2v) is 4.71. The lowest BCUT2D eigenvalue weighted by Gasteiger charge is -2.06. The monoisotopic (exact) mass is 313 g/mol. The third kappa shape index (κ3) is 1.74. The molecule has 0 saturated carbocycles. The fourth-order valence-corrected chi connectivity index (χ4v) is 2.60. The van der Waals surface area contributed by atoms with Gasteiger partial charge in [-0.05, 0) is 18.2 Å². The molecule has 0 N–H and O–H groups in total. The lowest BCUT2D eigenvalue weighted by Crippen LogP contribution is -2.05. The summed E-state index contributed by atoms with van der Waals surface area (Å²) in [6, 6.07) is 12.6. The highest BCUT2D eigenvalue weighted by Crippen LogP contribution is 2.25. The van der Waals surface area contributed by atoms with E-state index in [2.05, 4.69) is 22.0 Å². The zero-order chi connectivity index (χ0) is 13.4. The third-order valence-electron chi connectivity index (χ3n) is 3.07. The van der Waals surface area contributed by atoms with Crippen LogP contribution in [0.15, 0.2) is 45.6 Å². The van der Waals surface area contributed by atoms with Crippen molar-refractivity contribution in [1.82, 2.24) is 0 Å². The minimum Gasteiger partial charge on any atom is -0.455 e. The van der Waals surface area contributed by atoms with Crippen LogP contribution in [0.5, 0.6) is 0 Å². The molecule has 3 aromatic rings. The van der Waals surface area contributed by atoms with E-state index < -0.39 is 0 Å². The van der Waals surface area contributed by atoms with Crippen LogP contribution in [-0.2, 0) is 5.33 Å². The Kier molecular flexibility index (Phi) is 2.84. The Hall–Kier alpha value is -2.12. The summed E-state index contributed by atoms with van der Waals surface area (Å²) in [7, 11) is 0. The van der Waals surface area contributed by atoms with E-state index in [1.54, 1.807) is 30.3 Å². The Morgan fingerprint density at radius 3 is 2.74 bits per heavy atom. The van der Waals surface area contributed by atoms with Crippen LogP contribution in [0.25, 0.3) is 21.9 Å². The highest BCUT2D eigenvalue weighted by atomic mass is 79.9. The average Bonchev–Trinajstić information content (AvgIpc) is 2.46. The summed E-state index contributed by atoms with van der Waals surface area (Å²) < 4.78 is 5.81. The predicted octanol–water partition coefficient (Wildman–Crippen LogP) is 3.71. The second kappa shape index (κ2) is 4.52. The lowest BCUT2D eigenvalue weighted by molar-refractivity contribution is 0.656. The van der Waals surface area contributed by atoms with Crippen molar-refractivity contribution in [2.24, 2.45) is 0 Å². The summed E-state index contributed by atoms with van der Waals surface area (Å²) in [5.74, 6) is 0. The van der Waals surface area contributed by atoms with Crippen LogP contribution in [0.2, 0.25) is 0 Å². The number of halogens is 1. The van der Waals surface area contributed by atoms with Gasteiger partial charge in [-0.15, -0.1) is 0 Å². The standard InChI is InChI=1S/C15H8BrNO2/c16-7-9-5-6-10(8-17)13-14(18)11-3-1-2-4-12(11)19-15(9)13/h1-6H,7H2. The molecule has 0 atom stereocenters. The van der Waals surface area contributed by atoms with Gasteiger partial charge in [0, 0.05) is 10.9 Å². The first-order valence-corrected chi connectivity index (χ1v) is 6.82. The Morgan fingerprint density at radius 2 is 2.00 bits per heavy atom. The third-order valence-corrected chi connectivity index (χ3v) is 3.68. The van der Waals surface area contributed by atoms with Crippen molar-refractivity contribution in [1.29, 1.82) is 5.26 Å². The molecule has 0 aliphatic rings. The summed E-state index contributed by atoms with van der Waals surface area (Å²) in [4.78, 5) is 12.5. The minimum atomic E-state index is -0.156. The maximum atomic E-state index is 12.5. The average molecular weight is 314 g/mol. The first kappa shape index (κ1) is 11.9. The summed E-state index contributed by atoms with van der Waals surface area (Å²) in [5, 5.41) is 10.6. The number of para-hydroxylation sites is 1. The van der Waals surface area contributed by atoms with Crippen molar-refractivity contribution in [3.8, 4) is 6.07 Å². The van der Waals surface area contributed by atoms with E-state index in [4.69, 9.17) is 9.68 Å². The van der Waals surface area contributed by atoms with Gasteiger partial charge in [-0.3, -0.25) is 4.79 Å². The van der Waals surface area contributed by atoms with E-state index in [0.717, 1.165) is 5.56 Å². The largest absolute Gasteiger partial charge is 0.455 e. The van der Waals surface area contributed by atoms with E-state index in [0.29, 0.717) is 32.8 Å². The fraction of sp³-hybridized carbons (Fsp3) is 0.0667. The summed E-state index contributed by atoms with van der Waals surface area (Å²) in [6.07, 6.45) is 0. The van der Waals surface area contributed by atoms with Crippen LogP contribution in [0.3, 0.4) is 0 Å². The topological polar surface area (TPSA) is 54.0 Å². The van der Waals surface area contributed by atoms with Crippen LogP contribution in [0, 0.1) is 11.3 Å². The molecule has 19 heavy (non-hydrogen) atoms. The zero-order valence-corrected chi connectivity index (χ0v) is 11.4. The molecular formula is C15H8BrNO2. The van der Waals surface area contributed by atoms with E-state index >= 15 is 0 Å². The van der Waals surface area contributed by atoms with Gasteiger partial charge in [0.2, 0.25) is 5.43 Å². The van der Waals surface area contributed by atoms with Gasteiger partial charge in [0.1, 0.15) is 17.2 Å². The molecule has 0 bridgehead atoms. The first-order valence-electron chi connectivity index (χ1n) is 5.69. The van der Waals surface area contributed by atoms with Crippen LogP contribution in [0.1, 0.15) is 11.1 Å². The molecule has 0 saturated heterocycles. The molecule has 2 aromatic carbocycles. The molecule has 1 aromatic heterocycles. The number of nitrogens with zero attached hydrogens (tertiary/aromatic N) is 1. The number of alkyl halides is 1. The van der Waals surface area contributed by atoms with Gasteiger partial charge in [-0.25, -0.2) is 0 Å². The van der Waals surface area contributed by atoms with Gasteiger partial charge in [-0.2, -0.15) is 5.26 Å². The molecule has 0 radical (unpaired) electrons. The number of hydrogen-bond donors (Lipinski definition) is 0. The van der Waals surface area contributed by atoms with E-state index in [1.807, 2.05) is 6.07 Å². The smallest absolute Gasteiger partial charge is 0.201 e. The zero-order valence-electron chi connectivity index (χ0n) is 9.81. The van der Waals surface area contributed by atoms with Crippen molar-refractivity contribution < 1.29 is 4.42 Å². The first-order chi connectivity index (χ1) is 9.26. The van der Waals surface area contributed by atoms with E-state index in [-0.39, 0.29) is 5.43 Å². The molecule has 4 heteroatoms. The van der Waals surface area contributed by atoms with Gasteiger partial charge in [0.25, 0.3) is 0 Å². The molecule has 0 unspecified atom stereocenters. The second-order valence-electron chi connectivity index (χ2n) is 4.15. The molecule has 3 nitrogen and oxygen atoms in total. The molecular weight excluding hydrogens is 306 g/mol. The Labute approximate surface area is 117 Å². The molecule has 0 amide bonds. The highest BCUT2D eigenvalue weighted by Gasteiger charge is 2.14. The quantitative estimate of drug-likeness (QED) is 0.508. The Morgan fingerprint density at radius 1 is 1.21 bits per heavy atom. The summed E-state index contributed by atoms with van der Waals surface area (Å²) in [6.45, 7) is 0. The van der Waals surface area contributed by atoms with E-state index in [1.165, 1.54) is 0 Å². The fourth-order valence-electron chi connectivity index (χ4n) is 2.15. The summed E-state index contributed by atoms with van der Waals surface area (Å²) >= 11 is 3.37. The van der Waals surface area contributed by atoms with Gasteiger partial charge in [0.05, 0.1) is 16.3 Å². The van der Waals surface area contributed by atoms with Gasteiger partial charge < -0.3 is 4.42 Å². The van der Waals surface area contributed by atoms with Crippen molar-refractivity contribution in [2.75, 3.05) is 0 Å². The van der Waals surface area contributed by atoms with Gasteiger partial charge >= 0.3 is 0 Å². The minimum absolute atomic E-state index is 0.156.